The van der Waals surface area contributed by atoms with Crippen molar-refractivity contribution in [3.05, 3.63) is 65.7 Å². The van der Waals surface area contributed by atoms with E-state index in [1.165, 1.54) is 12.1 Å². The van der Waals surface area contributed by atoms with Crippen LogP contribution in [-0.2, 0) is 15.8 Å². The maximum absolute atomic E-state index is 13.3. The Labute approximate surface area is 179 Å². The average molecular weight is 428 g/mol. The van der Waals surface area contributed by atoms with Gasteiger partial charge in [-0.3, -0.25) is 14.5 Å². The standard InChI is InChI=1S/C24H23F3N2O2/c1-2-21(30)29(20-15-9-12-18(16-20)24(25,26)27)22(17-10-5-3-6-11-17)23(31)28-19-13-7-4-8-14-19/h1,3,5-6,9-12,15-16,19,22H,4,7-8,13-14H2,(H,28,31). The van der Waals surface area contributed by atoms with Gasteiger partial charge in [-0.05, 0) is 42.5 Å². The van der Waals surface area contributed by atoms with Gasteiger partial charge in [-0.2, -0.15) is 13.2 Å². The third-order valence-corrected chi connectivity index (χ3v) is 5.37. The number of nitrogens with zero attached hydrogens (tertiary/aromatic N) is 1. The number of terminal acetylenes is 1. The molecule has 162 valence electrons. The first-order chi connectivity index (χ1) is 14.8. The zero-order valence-electron chi connectivity index (χ0n) is 16.9. The maximum atomic E-state index is 13.3. The molecule has 2 amide bonds. The molecular formula is C24H23F3N2O2. The molecule has 3 rings (SSSR count). The molecule has 0 saturated heterocycles. The van der Waals surface area contributed by atoms with Gasteiger partial charge in [0.05, 0.1) is 5.56 Å². The number of amides is 2. The van der Waals surface area contributed by atoms with Gasteiger partial charge < -0.3 is 5.32 Å². The number of hydrogen-bond acceptors (Lipinski definition) is 2. The largest absolute Gasteiger partial charge is 0.416 e. The van der Waals surface area contributed by atoms with Crippen LogP contribution in [-0.4, -0.2) is 17.9 Å². The summed E-state index contributed by atoms with van der Waals surface area (Å²) in [6.07, 6.45) is 5.45. The quantitative estimate of drug-likeness (QED) is 0.692. The molecule has 0 aromatic heterocycles. The Morgan fingerprint density at radius 1 is 1.03 bits per heavy atom. The van der Waals surface area contributed by atoms with Gasteiger partial charge in [-0.25, -0.2) is 0 Å². The molecule has 1 atom stereocenters. The molecule has 4 nitrogen and oxygen atoms in total. The fourth-order valence-corrected chi connectivity index (χ4v) is 3.87. The van der Waals surface area contributed by atoms with Crippen LogP contribution in [0.15, 0.2) is 54.6 Å². The lowest BCUT2D eigenvalue weighted by atomic mass is 9.94. The van der Waals surface area contributed by atoms with E-state index in [0.29, 0.717) is 5.56 Å². The van der Waals surface area contributed by atoms with Crippen molar-refractivity contribution in [2.24, 2.45) is 0 Å². The van der Waals surface area contributed by atoms with E-state index in [-0.39, 0.29) is 11.7 Å². The minimum absolute atomic E-state index is 0.0447. The van der Waals surface area contributed by atoms with Crippen molar-refractivity contribution in [3.8, 4) is 12.3 Å². The van der Waals surface area contributed by atoms with E-state index in [1.54, 1.807) is 30.3 Å². The van der Waals surface area contributed by atoms with Crippen LogP contribution in [0.25, 0.3) is 0 Å². The molecule has 1 fully saturated rings. The maximum Gasteiger partial charge on any atom is 0.416 e. The molecule has 1 unspecified atom stereocenters. The highest BCUT2D eigenvalue weighted by Crippen LogP contribution is 2.34. The molecule has 0 aliphatic heterocycles. The Hall–Kier alpha value is -3.27. The van der Waals surface area contributed by atoms with Crippen molar-refractivity contribution in [3.63, 3.8) is 0 Å². The van der Waals surface area contributed by atoms with Crippen LogP contribution in [0.5, 0.6) is 0 Å². The monoisotopic (exact) mass is 428 g/mol. The van der Waals surface area contributed by atoms with Crippen molar-refractivity contribution in [2.45, 2.75) is 50.4 Å². The fourth-order valence-electron chi connectivity index (χ4n) is 3.87. The minimum atomic E-state index is -4.60. The summed E-state index contributed by atoms with van der Waals surface area (Å²) in [5, 5.41) is 2.97. The Morgan fingerprint density at radius 3 is 2.32 bits per heavy atom. The van der Waals surface area contributed by atoms with Crippen molar-refractivity contribution in [1.29, 1.82) is 0 Å². The van der Waals surface area contributed by atoms with Gasteiger partial charge in [0.2, 0.25) is 5.91 Å². The highest BCUT2D eigenvalue weighted by atomic mass is 19.4. The second-order valence-corrected chi connectivity index (χ2v) is 7.52. The summed E-state index contributed by atoms with van der Waals surface area (Å²) in [7, 11) is 0. The molecule has 7 heteroatoms. The van der Waals surface area contributed by atoms with E-state index in [4.69, 9.17) is 6.42 Å². The third-order valence-electron chi connectivity index (χ3n) is 5.37. The van der Waals surface area contributed by atoms with Crippen LogP contribution < -0.4 is 10.2 Å². The second-order valence-electron chi connectivity index (χ2n) is 7.52. The summed E-state index contributed by atoms with van der Waals surface area (Å²) in [6.45, 7) is 0. The summed E-state index contributed by atoms with van der Waals surface area (Å²) in [4.78, 5) is 27.0. The van der Waals surface area contributed by atoms with E-state index in [9.17, 15) is 22.8 Å². The van der Waals surface area contributed by atoms with Gasteiger partial charge in [0.1, 0.15) is 6.04 Å². The molecule has 0 bridgehead atoms. The van der Waals surface area contributed by atoms with E-state index >= 15 is 0 Å². The molecule has 0 spiro atoms. The van der Waals surface area contributed by atoms with Crippen molar-refractivity contribution in [1.82, 2.24) is 5.32 Å². The Balaban J connectivity index is 2.05. The molecule has 2 aromatic carbocycles. The first-order valence-electron chi connectivity index (χ1n) is 10.1. The van der Waals surface area contributed by atoms with Crippen LogP contribution >= 0.6 is 0 Å². The number of carbonyl (C=O) groups excluding carboxylic acids is 2. The number of rotatable bonds is 5. The highest BCUT2D eigenvalue weighted by Gasteiger charge is 2.36. The lowest BCUT2D eigenvalue weighted by Gasteiger charge is -2.32. The number of hydrogen-bond donors (Lipinski definition) is 1. The normalized spacial score (nSPS) is 15.5. The van der Waals surface area contributed by atoms with Crippen LogP contribution in [0.3, 0.4) is 0 Å². The van der Waals surface area contributed by atoms with Crippen molar-refractivity contribution < 1.29 is 22.8 Å². The molecule has 1 aliphatic carbocycles. The van der Waals surface area contributed by atoms with Crippen LogP contribution in [0, 0.1) is 12.3 Å². The lowest BCUT2D eigenvalue weighted by molar-refractivity contribution is -0.137. The van der Waals surface area contributed by atoms with Gasteiger partial charge in [0.25, 0.3) is 0 Å². The van der Waals surface area contributed by atoms with Crippen molar-refractivity contribution in [2.75, 3.05) is 4.90 Å². The number of benzene rings is 2. The smallest absolute Gasteiger partial charge is 0.351 e. The predicted molar refractivity (Wildman–Crippen MR) is 112 cm³/mol. The first kappa shape index (κ1) is 22.4. The van der Waals surface area contributed by atoms with Gasteiger partial charge in [0.15, 0.2) is 0 Å². The van der Waals surface area contributed by atoms with Gasteiger partial charge in [-0.15, -0.1) is 6.42 Å². The number of carbonyl (C=O) groups is 2. The zero-order chi connectivity index (χ0) is 22.4. The highest BCUT2D eigenvalue weighted by molar-refractivity contribution is 6.09. The number of nitrogens with one attached hydrogen (secondary N) is 1. The van der Waals surface area contributed by atoms with Crippen LogP contribution in [0.4, 0.5) is 18.9 Å². The lowest BCUT2D eigenvalue weighted by Crippen LogP contribution is -2.47. The number of anilines is 1. The van der Waals surface area contributed by atoms with Gasteiger partial charge in [0, 0.05) is 11.7 Å². The van der Waals surface area contributed by atoms with E-state index < -0.39 is 29.6 Å². The molecular weight excluding hydrogens is 405 g/mol. The topological polar surface area (TPSA) is 49.4 Å². The molecule has 1 N–H and O–H groups in total. The molecule has 2 aromatic rings. The summed E-state index contributed by atoms with van der Waals surface area (Å²) in [5.74, 6) is 0.587. The fraction of sp³-hybridized carbons (Fsp3) is 0.333. The molecule has 1 saturated carbocycles. The molecule has 0 radical (unpaired) electrons. The second kappa shape index (κ2) is 9.69. The van der Waals surface area contributed by atoms with E-state index in [1.807, 2.05) is 5.92 Å². The predicted octanol–water partition coefficient (Wildman–Crippen LogP) is 4.86. The number of alkyl halides is 3. The number of halogens is 3. The molecule has 31 heavy (non-hydrogen) atoms. The Bertz CT molecular complexity index is 961. The van der Waals surface area contributed by atoms with Gasteiger partial charge in [-0.1, -0.05) is 55.7 Å². The average Bonchev–Trinajstić information content (AvgIpc) is 2.77. The van der Waals surface area contributed by atoms with E-state index in [0.717, 1.165) is 49.1 Å². The summed E-state index contributed by atoms with van der Waals surface area (Å²) in [5.41, 5.74) is -0.568. The summed E-state index contributed by atoms with van der Waals surface area (Å²) >= 11 is 0. The van der Waals surface area contributed by atoms with Crippen LogP contribution in [0.1, 0.15) is 49.3 Å². The summed E-state index contributed by atoms with van der Waals surface area (Å²) in [6, 6.07) is 11.5. The van der Waals surface area contributed by atoms with Crippen molar-refractivity contribution >= 4 is 17.5 Å². The minimum Gasteiger partial charge on any atom is -0.351 e. The Morgan fingerprint density at radius 2 is 1.71 bits per heavy atom. The van der Waals surface area contributed by atoms with E-state index in [2.05, 4.69) is 5.32 Å². The summed E-state index contributed by atoms with van der Waals surface area (Å²) < 4.78 is 39.8. The zero-order valence-corrected chi connectivity index (χ0v) is 16.9. The molecule has 0 heterocycles. The molecule has 1 aliphatic rings. The third kappa shape index (κ3) is 5.46. The SMILES string of the molecule is C#CC(=O)N(c1cccc(C(F)(F)F)c1)C(C(=O)NC1CCCCC1)c1ccccc1. The van der Waals surface area contributed by atoms with Crippen LogP contribution in [0.2, 0.25) is 0 Å². The Kier molecular flexibility index (Phi) is 7.01. The van der Waals surface area contributed by atoms with Gasteiger partial charge >= 0.3 is 12.1 Å². The first-order valence-corrected chi connectivity index (χ1v) is 10.1.